The quantitative estimate of drug-likeness (QED) is 0.655. The van der Waals surface area contributed by atoms with Gasteiger partial charge in [0.15, 0.2) is 0 Å². The molecular weight excluding hydrogens is 362 g/mol. The van der Waals surface area contributed by atoms with E-state index in [9.17, 15) is 18.0 Å². The van der Waals surface area contributed by atoms with Crippen LogP contribution < -0.4 is 10.0 Å². The molecule has 0 aromatic carbocycles. The van der Waals surface area contributed by atoms with Gasteiger partial charge in [-0.15, -0.1) is 11.3 Å². The number of rotatable bonds is 8. The third-order valence-corrected chi connectivity index (χ3v) is 5.69. The first kappa shape index (κ1) is 19.9. The molecule has 2 N–H and O–H groups in total. The highest BCUT2D eigenvalue weighted by Crippen LogP contribution is 2.18. The van der Waals surface area contributed by atoms with E-state index in [-0.39, 0.29) is 24.4 Å². The van der Waals surface area contributed by atoms with Crippen LogP contribution in [-0.2, 0) is 14.8 Å². The maximum absolute atomic E-state index is 12.4. The molecule has 7 nitrogen and oxygen atoms in total. The molecule has 0 saturated carbocycles. The lowest BCUT2D eigenvalue weighted by Gasteiger charge is -2.36. The van der Waals surface area contributed by atoms with Crippen molar-refractivity contribution in [1.82, 2.24) is 14.9 Å². The van der Waals surface area contributed by atoms with Gasteiger partial charge in [-0.25, -0.2) is 13.1 Å². The highest BCUT2D eigenvalue weighted by Gasteiger charge is 2.26. The molecule has 1 atom stereocenters. The Kier molecular flexibility index (Phi) is 7.39. The number of sulfonamides is 1. The molecule has 0 aliphatic carbocycles. The van der Waals surface area contributed by atoms with Crippen LogP contribution in [0, 0.1) is 0 Å². The average Bonchev–Trinajstić information content (AvgIpc) is 3.11. The van der Waals surface area contributed by atoms with Crippen molar-refractivity contribution in [1.29, 1.82) is 0 Å². The maximum atomic E-state index is 12.4. The van der Waals surface area contributed by atoms with Crippen LogP contribution in [-0.4, -0.2) is 57.1 Å². The zero-order valence-corrected chi connectivity index (χ0v) is 16.0. The predicted octanol–water partition coefficient (Wildman–Crippen LogP) is 1.19. The van der Waals surface area contributed by atoms with Gasteiger partial charge in [-0.05, 0) is 37.1 Å². The van der Waals surface area contributed by atoms with Crippen molar-refractivity contribution in [3.05, 3.63) is 22.4 Å². The Labute approximate surface area is 152 Å². The van der Waals surface area contributed by atoms with Gasteiger partial charge in [-0.3, -0.25) is 9.59 Å². The predicted molar refractivity (Wildman–Crippen MR) is 98.1 cm³/mol. The molecule has 2 heterocycles. The molecule has 0 radical (unpaired) electrons. The molecule has 1 saturated heterocycles. The lowest BCUT2D eigenvalue weighted by atomic mass is 10.0. The fourth-order valence-corrected chi connectivity index (χ4v) is 4.00. The van der Waals surface area contributed by atoms with Crippen molar-refractivity contribution < 1.29 is 18.0 Å². The van der Waals surface area contributed by atoms with Crippen LogP contribution in [0.5, 0.6) is 0 Å². The largest absolute Gasteiger partial charge is 0.351 e. The van der Waals surface area contributed by atoms with Gasteiger partial charge in [0, 0.05) is 32.1 Å². The summed E-state index contributed by atoms with van der Waals surface area (Å²) in [6, 6.07) is 3.50. The maximum Gasteiger partial charge on any atom is 0.261 e. The first-order valence-corrected chi connectivity index (χ1v) is 11.2. The Hall–Kier alpha value is -1.45. The van der Waals surface area contributed by atoms with Gasteiger partial charge >= 0.3 is 0 Å². The normalized spacial score (nSPS) is 18.1. The Balaban J connectivity index is 1.74. The summed E-state index contributed by atoms with van der Waals surface area (Å²) in [7, 11) is -3.26. The number of carbonyl (C=O) groups excluding carboxylic acids is 2. The van der Waals surface area contributed by atoms with E-state index in [0.717, 1.165) is 25.5 Å². The van der Waals surface area contributed by atoms with Gasteiger partial charge in [0.05, 0.1) is 11.1 Å². The lowest BCUT2D eigenvalue weighted by molar-refractivity contribution is -0.134. The zero-order valence-electron chi connectivity index (χ0n) is 14.4. The number of hydrogen-bond acceptors (Lipinski definition) is 5. The molecule has 1 aromatic heterocycles. The van der Waals surface area contributed by atoms with Gasteiger partial charge in [-0.2, -0.15) is 0 Å². The molecule has 1 fully saturated rings. The number of nitrogens with one attached hydrogen (secondary N) is 2. The van der Waals surface area contributed by atoms with E-state index in [2.05, 4.69) is 10.0 Å². The Bertz CT molecular complexity index is 674. The highest BCUT2D eigenvalue weighted by molar-refractivity contribution is 7.88. The smallest absolute Gasteiger partial charge is 0.261 e. The third-order valence-electron chi connectivity index (χ3n) is 4.13. The molecule has 0 spiro atoms. The van der Waals surface area contributed by atoms with Gasteiger partial charge in [0.25, 0.3) is 5.91 Å². The number of amides is 2. The number of thiophene rings is 1. The van der Waals surface area contributed by atoms with Crippen LogP contribution in [0.3, 0.4) is 0 Å². The van der Waals surface area contributed by atoms with Crippen LogP contribution in [0.2, 0.25) is 0 Å². The van der Waals surface area contributed by atoms with Crippen LogP contribution in [0.4, 0.5) is 0 Å². The Morgan fingerprint density at radius 3 is 2.84 bits per heavy atom. The number of piperidine rings is 1. The second kappa shape index (κ2) is 9.30. The fourth-order valence-electron chi connectivity index (χ4n) is 2.87. The summed E-state index contributed by atoms with van der Waals surface area (Å²) in [5.74, 6) is -0.0963. The first-order chi connectivity index (χ1) is 11.9. The van der Waals surface area contributed by atoms with Gasteiger partial charge in [0.2, 0.25) is 15.9 Å². The summed E-state index contributed by atoms with van der Waals surface area (Å²) >= 11 is 1.38. The van der Waals surface area contributed by atoms with Crippen molar-refractivity contribution in [3.8, 4) is 0 Å². The standard InChI is InChI=1S/C16H25N3O4S2/c1-25(22,23)18-12-13-6-2-3-10-19(13)15(20)8-4-9-17-16(21)14-7-5-11-24-14/h5,7,11,13,18H,2-4,6,8-10,12H2,1H3,(H,17,21). The van der Waals surface area contributed by atoms with E-state index in [0.29, 0.717) is 30.8 Å². The van der Waals surface area contributed by atoms with Crippen LogP contribution in [0.25, 0.3) is 0 Å². The van der Waals surface area contributed by atoms with E-state index in [4.69, 9.17) is 0 Å². The van der Waals surface area contributed by atoms with E-state index < -0.39 is 10.0 Å². The monoisotopic (exact) mass is 387 g/mol. The van der Waals surface area contributed by atoms with Crippen molar-refractivity contribution in [2.75, 3.05) is 25.9 Å². The van der Waals surface area contributed by atoms with Crippen LogP contribution in [0.15, 0.2) is 17.5 Å². The van der Waals surface area contributed by atoms with Crippen LogP contribution >= 0.6 is 11.3 Å². The molecule has 25 heavy (non-hydrogen) atoms. The van der Waals surface area contributed by atoms with E-state index in [1.54, 1.807) is 11.0 Å². The van der Waals surface area contributed by atoms with Gasteiger partial charge in [-0.1, -0.05) is 6.07 Å². The molecule has 1 aromatic rings. The van der Waals surface area contributed by atoms with Crippen molar-refractivity contribution in [2.45, 2.75) is 38.1 Å². The van der Waals surface area contributed by atoms with Gasteiger partial charge in [0.1, 0.15) is 0 Å². The molecular formula is C16H25N3O4S2. The minimum atomic E-state index is -3.26. The van der Waals surface area contributed by atoms with Gasteiger partial charge < -0.3 is 10.2 Å². The highest BCUT2D eigenvalue weighted by atomic mass is 32.2. The second-order valence-electron chi connectivity index (χ2n) is 6.19. The molecule has 2 amide bonds. The number of carbonyl (C=O) groups is 2. The zero-order chi connectivity index (χ0) is 18.3. The summed E-state index contributed by atoms with van der Waals surface area (Å²) in [6.45, 7) is 1.37. The Morgan fingerprint density at radius 2 is 2.16 bits per heavy atom. The van der Waals surface area contributed by atoms with E-state index in [1.165, 1.54) is 11.3 Å². The molecule has 9 heteroatoms. The third kappa shape index (κ3) is 6.75. The number of likely N-dealkylation sites (tertiary alicyclic amines) is 1. The van der Waals surface area contributed by atoms with Crippen molar-refractivity contribution in [3.63, 3.8) is 0 Å². The van der Waals surface area contributed by atoms with Crippen LogP contribution in [0.1, 0.15) is 41.8 Å². The van der Waals surface area contributed by atoms with E-state index in [1.807, 2.05) is 11.4 Å². The summed E-state index contributed by atoms with van der Waals surface area (Å²) in [5.41, 5.74) is 0. The number of hydrogen-bond donors (Lipinski definition) is 2. The molecule has 140 valence electrons. The minimum Gasteiger partial charge on any atom is -0.351 e. The topological polar surface area (TPSA) is 95.6 Å². The Morgan fingerprint density at radius 1 is 1.36 bits per heavy atom. The molecule has 1 aliphatic heterocycles. The first-order valence-electron chi connectivity index (χ1n) is 8.42. The average molecular weight is 388 g/mol. The van der Waals surface area contributed by atoms with E-state index >= 15 is 0 Å². The second-order valence-corrected chi connectivity index (χ2v) is 8.97. The SMILES string of the molecule is CS(=O)(=O)NCC1CCCCN1C(=O)CCCNC(=O)c1cccs1. The summed E-state index contributed by atoms with van der Waals surface area (Å²) in [5, 5.41) is 4.66. The molecule has 1 aliphatic rings. The fraction of sp³-hybridized carbons (Fsp3) is 0.625. The molecule has 2 rings (SSSR count). The lowest BCUT2D eigenvalue weighted by Crippen LogP contribution is -2.49. The molecule has 0 bridgehead atoms. The molecule has 1 unspecified atom stereocenters. The summed E-state index contributed by atoms with van der Waals surface area (Å²) < 4.78 is 25.0. The summed E-state index contributed by atoms with van der Waals surface area (Å²) in [4.78, 5) is 26.7. The van der Waals surface area contributed by atoms with Crippen molar-refractivity contribution >= 4 is 33.2 Å². The minimum absolute atomic E-state index is 0.0189. The number of nitrogens with zero attached hydrogens (tertiary/aromatic N) is 1. The van der Waals surface area contributed by atoms with Crippen molar-refractivity contribution in [2.24, 2.45) is 0 Å². The summed E-state index contributed by atoms with van der Waals surface area (Å²) in [6.07, 6.45) is 4.79.